The van der Waals surface area contributed by atoms with Gasteiger partial charge in [0.05, 0.1) is 28.2 Å². The first-order valence-electron chi connectivity index (χ1n) is 7.87. The number of aliphatic imine (C=N–C) groups is 1. The van der Waals surface area contributed by atoms with Gasteiger partial charge in [0.15, 0.2) is 0 Å². The summed E-state index contributed by atoms with van der Waals surface area (Å²) in [5.74, 6) is 0. The van der Waals surface area contributed by atoms with Gasteiger partial charge in [0.1, 0.15) is 0 Å². The summed E-state index contributed by atoms with van der Waals surface area (Å²) >= 11 is 25.1. The largest absolute Gasteiger partial charge is 0.371 e. The highest BCUT2D eigenvalue weighted by Crippen LogP contribution is 2.40. The molecule has 0 fully saturated rings. The number of benzene rings is 3. The van der Waals surface area contributed by atoms with Crippen molar-refractivity contribution in [3.63, 3.8) is 0 Å². The molecule has 4 rings (SSSR count). The average molecular weight is 422 g/mol. The van der Waals surface area contributed by atoms with E-state index in [2.05, 4.69) is 5.32 Å². The Morgan fingerprint density at radius 2 is 1.46 bits per heavy atom. The van der Waals surface area contributed by atoms with Crippen molar-refractivity contribution in [2.24, 2.45) is 4.99 Å². The molecule has 3 aromatic carbocycles. The van der Waals surface area contributed by atoms with Gasteiger partial charge >= 0.3 is 0 Å². The van der Waals surface area contributed by atoms with Crippen LogP contribution < -0.4 is 5.32 Å². The van der Waals surface area contributed by atoms with Gasteiger partial charge in [0.25, 0.3) is 0 Å². The maximum Gasteiger partial charge on any atom is 0.0962 e. The molecule has 130 valence electrons. The number of nitrogens with one attached hydrogen (secondary N) is 1. The fourth-order valence-electron chi connectivity index (χ4n) is 2.98. The molecule has 26 heavy (non-hydrogen) atoms. The molecule has 1 atom stereocenters. The molecule has 1 unspecified atom stereocenters. The number of anilines is 1. The zero-order chi connectivity index (χ0) is 18.3. The SMILES string of the molecule is Clc1ccc(C2=Nc3ccccc3NC2c2ccc(Cl)cc2Cl)c(Cl)c1. The van der Waals surface area contributed by atoms with Crippen molar-refractivity contribution in [1.29, 1.82) is 0 Å². The summed E-state index contributed by atoms with van der Waals surface area (Å²) in [5.41, 5.74) is 4.21. The van der Waals surface area contributed by atoms with Crippen molar-refractivity contribution in [2.45, 2.75) is 6.04 Å². The lowest BCUT2D eigenvalue weighted by Gasteiger charge is -2.29. The van der Waals surface area contributed by atoms with Gasteiger partial charge < -0.3 is 5.32 Å². The van der Waals surface area contributed by atoms with Gasteiger partial charge in [-0.25, -0.2) is 4.99 Å². The molecule has 1 N–H and O–H groups in total. The van der Waals surface area contributed by atoms with Crippen LogP contribution in [0, 0.1) is 0 Å². The minimum absolute atomic E-state index is 0.270. The number of rotatable bonds is 2. The monoisotopic (exact) mass is 420 g/mol. The summed E-state index contributed by atoms with van der Waals surface area (Å²) < 4.78 is 0. The van der Waals surface area contributed by atoms with Crippen molar-refractivity contribution in [3.8, 4) is 0 Å². The van der Waals surface area contributed by atoms with E-state index in [1.807, 2.05) is 42.5 Å². The van der Waals surface area contributed by atoms with E-state index in [0.717, 1.165) is 28.2 Å². The van der Waals surface area contributed by atoms with Crippen molar-refractivity contribution in [1.82, 2.24) is 0 Å². The lowest BCUT2D eigenvalue weighted by molar-refractivity contribution is 1.01. The maximum absolute atomic E-state index is 6.47. The van der Waals surface area contributed by atoms with E-state index in [0.29, 0.717) is 20.1 Å². The quantitative estimate of drug-likeness (QED) is 0.452. The van der Waals surface area contributed by atoms with Crippen molar-refractivity contribution in [3.05, 3.63) is 91.9 Å². The van der Waals surface area contributed by atoms with E-state index < -0.39 is 0 Å². The highest BCUT2D eigenvalue weighted by molar-refractivity contribution is 6.38. The Labute approximate surface area is 171 Å². The molecule has 0 spiro atoms. The summed E-state index contributed by atoms with van der Waals surface area (Å²) in [6.45, 7) is 0. The van der Waals surface area contributed by atoms with E-state index in [9.17, 15) is 0 Å². The minimum Gasteiger partial charge on any atom is -0.371 e. The number of hydrogen-bond donors (Lipinski definition) is 1. The van der Waals surface area contributed by atoms with Crippen LogP contribution in [-0.4, -0.2) is 5.71 Å². The molecule has 1 heterocycles. The summed E-state index contributed by atoms with van der Waals surface area (Å²) in [7, 11) is 0. The van der Waals surface area contributed by atoms with Gasteiger partial charge in [0.2, 0.25) is 0 Å². The minimum atomic E-state index is -0.270. The van der Waals surface area contributed by atoms with Crippen LogP contribution >= 0.6 is 46.4 Å². The highest BCUT2D eigenvalue weighted by atomic mass is 35.5. The molecular formula is C20H12Cl4N2. The van der Waals surface area contributed by atoms with E-state index in [1.165, 1.54) is 0 Å². The third-order valence-corrected chi connectivity index (χ3v) is 5.31. The van der Waals surface area contributed by atoms with E-state index in [1.54, 1.807) is 18.2 Å². The fourth-order valence-corrected chi connectivity index (χ4v) is 4.01. The second-order valence-electron chi connectivity index (χ2n) is 5.88. The number of para-hydroxylation sites is 2. The fraction of sp³-hybridized carbons (Fsp3) is 0.0500. The molecule has 0 radical (unpaired) electrons. The summed E-state index contributed by atoms with van der Waals surface area (Å²) in [4.78, 5) is 4.86. The summed E-state index contributed by atoms with van der Waals surface area (Å²) in [6.07, 6.45) is 0. The molecule has 1 aliphatic heterocycles. The van der Waals surface area contributed by atoms with Gasteiger partial charge in [-0.1, -0.05) is 70.7 Å². The van der Waals surface area contributed by atoms with Crippen LogP contribution in [0.3, 0.4) is 0 Å². The van der Waals surface area contributed by atoms with Gasteiger partial charge in [-0.2, -0.15) is 0 Å². The van der Waals surface area contributed by atoms with Gasteiger partial charge in [-0.15, -0.1) is 0 Å². The Balaban J connectivity index is 1.92. The molecule has 2 nitrogen and oxygen atoms in total. The molecule has 0 saturated heterocycles. The molecule has 0 amide bonds. The Kier molecular flexibility index (Phi) is 4.85. The van der Waals surface area contributed by atoms with Crippen molar-refractivity contribution >= 4 is 63.5 Å². The molecule has 0 aliphatic carbocycles. The molecule has 0 aromatic heterocycles. The van der Waals surface area contributed by atoms with Crippen LogP contribution in [0.4, 0.5) is 11.4 Å². The molecule has 1 aliphatic rings. The second-order valence-corrected chi connectivity index (χ2v) is 7.57. The van der Waals surface area contributed by atoms with Crippen LogP contribution in [0.25, 0.3) is 0 Å². The molecule has 6 heteroatoms. The van der Waals surface area contributed by atoms with E-state index in [4.69, 9.17) is 51.4 Å². The zero-order valence-electron chi connectivity index (χ0n) is 13.3. The number of nitrogens with zero attached hydrogens (tertiary/aromatic N) is 1. The van der Waals surface area contributed by atoms with Crippen LogP contribution in [0.2, 0.25) is 20.1 Å². The lowest BCUT2D eigenvalue weighted by Crippen LogP contribution is -2.25. The van der Waals surface area contributed by atoms with Crippen LogP contribution in [0.5, 0.6) is 0 Å². The Hall–Kier alpha value is -1.71. The standard InChI is InChI=1S/C20H12Cl4N2/c21-11-5-7-13(15(23)9-11)19-20(14-8-6-12(22)10-16(14)24)26-18-4-2-1-3-17(18)25-19/h1-10,19,25H. The van der Waals surface area contributed by atoms with Gasteiger partial charge in [-0.3, -0.25) is 0 Å². The highest BCUT2D eigenvalue weighted by Gasteiger charge is 2.28. The van der Waals surface area contributed by atoms with Gasteiger partial charge in [-0.05, 0) is 42.0 Å². The number of fused-ring (bicyclic) bond motifs is 1. The smallest absolute Gasteiger partial charge is 0.0962 e. The third-order valence-electron chi connectivity index (χ3n) is 4.20. The Morgan fingerprint density at radius 3 is 2.19 bits per heavy atom. The molecule has 0 saturated carbocycles. The molecular weight excluding hydrogens is 410 g/mol. The second kappa shape index (κ2) is 7.13. The van der Waals surface area contributed by atoms with Crippen molar-refractivity contribution in [2.75, 3.05) is 5.32 Å². The molecule has 3 aromatic rings. The predicted molar refractivity (Wildman–Crippen MR) is 112 cm³/mol. The van der Waals surface area contributed by atoms with E-state index >= 15 is 0 Å². The summed E-state index contributed by atoms with van der Waals surface area (Å²) in [5, 5.41) is 5.77. The molecule has 0 bridgehead atoms. The van der Waals surface area contributed by atoms with Crippen LogP contribution in [0.1, 0.15) is 17.2 Å². The number of halogens is 4. The first kappa shape index (κ1) is 17.7. The average Bonchev–Trinajstić information content (AvgIpc) is 2.61. The van der Waals surface area contributed by atoms with Crippen LogP contribution in [0.15, 0.2) is 65.7 Å². The number of hydrogen-bond acceptors (Lipinski definition) is 2. The summed E-state index contributed by atoms with van der Waals surface area (Å²) in [6, 6.07) is 18.4. The topological polar surface area (TPSA) is 24.4 Å². The lowest BCUT2D eigenvalue weighted by atomic mass is 9.94. The van der Waals surface area contributed by atoms with Gasteiger partial charge in [0, 0.05) is 20.6 Å². The van der Waals surface area contributed by atoms with Crippen LogP contribution in [-0.2, 0) is 0 Å². The van der Waals surface area contributed by atoms with Crippen molar-refractivity contribution < 1.29 is 0 Å². The normalized spacial score (nSPS) is 15.8. The third kappa shape index (κ3) is 3.30. The predicted octanol–water partition coefficient (Wildman–Crippen LogP) is 7.59. The zero-order valence-corrected chi connectivity index (χ0v) is 16.3. The van der Waals surface area contributed by atoms with E-state index in [-0.39, 0.29) is 6.04 Å². The maximum atomic E-state index is 6.47. The Bertz CT molecular complexity index is 1030. The first-order valence-corrected chi connectivity index (χ1v) is 9.38. The first-order chi connectivity index (χ1) is 12.5. The Morgan fingerprint density at radius 1 is 0.769 bits per heavy atom.